The molecule has 1 saturated carbocycles. The van der Waals surface area contributed by atoms with Crippen LogP contribution in [0.3, 0.4) is 0 Å². The molecule has 9 heteroatoms. The Bertz CT molecular complexity index is 987. The molecule has 0 bridgehead atoms. The highest BCUT2D eigenvalue weighted by atomic mass is 19.4. The first-order valence-electron chi connectivity index (χ1n) is 11.1. The van der Waals surface area contributed by atoms with Gasteiger partial charge in [-0.15, -0.1) is 0 Å². The molecule has 0 amide bonds. The van der Waals surface area contributed by atoms with Gasteiger partial charge in [0.15, 0.2) is 6.29 Å². The van der Waals surface area contributed by atoms with Crippen molar-refractivity contribution in [3.05, 3.63) is 47.9 Å². The fourth-order valence-corrected chi connectivity index (χ4v) is 3.64. The van der Waals surface area contributed by atoms with Crippen LogP contribution in [0.5, 0.6) is 5.75 Å². The molecule has 3 aromatic rings. The summed E-state index contributed by atoms with van der Waals surface area (Å²) in [6.07, 6.45) is 4.49. The second-order valence-corrected chi connectivity index (χ2v) is 7.33. The topological polar surface area (TPSA) is 69.0 Å². The van der Waals surface area contributed by atoms with E-state index in [4.69, 9.17) is 9.84 Å². The number of nitrogens with one attached hydrogen (secondary N) is 1. The molecular weight excluding hydrogens is 433 g/mol. The van der Waals surface area contributed by atoms with E-state index in [0.29, 0.717) is 6.04 Å². The van der Waals surface area contributed by atoms with Gasteiger partial charge < -0.3 is 10.1 Å². The monoisotopic (exact) mass is 464 g/mol. The average Bonchev–Trinajstić information content (AvgIpc) is 3.28. The van der Waals surface area contributed by atoms with Crippen molar-refractivity contribution < 1.29 is 22.7 Å². The van der Waals surface area contributed by atoms with Gasteiger partial charge in [0.1, 0.15) is 17.1 Å². The van der Waals surface area contributed by atoms with Crippen LogP contribution in [-0.2, 0) is 6.18 Å². The van der Waals surface area contributed by atoms with Crippen LogP contribution in [0.2, 0.25) is 0 Å². The normalized spacial score (nSPS) is 13.9. The average molecular weight is 465 g/mol. The number of ether oxygens (including phenoxy) is 1. The van der Waals surface area contributed by atoms with Crippen molar-refractivity contribution in [2.24, 2.45) is 0 Å². The molecule has 1 fully saturated rings. The number of aldehydes is 1. The van der Waals surface area contributed by atoms with Crippen LogP contribution in [0.1, 0.15) is 68.2 Å². The Labute approximate surface area is 192 Å². The lowest BCUT2D eigenvalue weighted by molar-refractivity contribution is -0.141. The molecule has 33 heavy (non-hydrogen) atoms. The fourth-order valence-electron chi connectivity index (χ4n) is 3.64. The SMILES string of the molecule is CC.CNc1cc2cn(C3CCCCC3)nc2cc1OC.O=Cc1cccc(C(F)(F)F)n1. The van der Waals surface area contributed by atoms with E-state index in [1.54, 1.807) is 7.11 Å². The second-order valence-electron chi connectivity index (χ2n) is 7.33. The van der Waals surface area contributed by atoms with Crippen molar-refractivity contribution >= 4 is 22.9 Å². The number of pyridine rings is 1. The van der Waals surface area contributed by atoms with E-state index in [0.717, 1.165) is 29.1 Å². The number of methoxy groups -OCH3 is 1. The van der Waals surface area contributed by atoms with Crippen LogP contribution >= 0.6 is 0 Å². The lowest BCUT2D eigenvalue weighted by Gasteiger charge is -2.21. The number of carbonyl (C=O) groups excluding carboxylic acids is 1. The number of benzene rings is 1. The fraction of sp³-hybridized carbons (Fsp3) is 0.458. The van der Waals surface area contributed by atoms with E-state index < -0.39 is 11.9 Å². The van der Waals surface area contributed by atoms with Gasteiger partial charge in [-0.3, -0.25) is 9.48 Å². The molecule has 0 radical (unpaired) electrons. The van der Waals surface area contributed by atoms with Gasteiger partial charge in [-0.1, -0.05) is 39.2 Å². The number of hydrogen-bond donors (Lipinski definition) is 1. The Kier molecular flexibility index (Phi) is 9.69. The minimum absolute atomic E-state index is 0.218. The number of alkyl halides is 3. The quantitative estimate of drug-likeness (QED) is 0.445. The largest absolute Gasteiger partial charge is 0.495 e. The molecule has 0 unspecified atom stereocenters. The number of halogens is 3. The van der Waals surface area contributed by atoms with E-state index in [1.165, 1.54) is 43.6 Å². The zero-order valence-electron chi connectivity index (χ0n) is 19.4. The molecule has 2 heterocycles. The van der Waals surface area contributed by atoms with Crippen LogP contribution in [0.25, 0.3) is 10.9 Å². The summed E-state index contributed by atoms with van der Waals surface area (Å²) in [5.41, 5.74) is 0.761. The molecule has 1 aliphatic rings. The Hall–Kier alpha value is -3.10. The van der Waals surface area contributed by atoms with Crippen molar-refractivity contribution in [2.75, 3.05) is 19.5 Å². The molecule has 2 aromatic heterocycles. The summed E-state index contributed by atoms with van der Waals surface area (Å²) < 4.78 is 43.3. The summed E-state index contributed by atoms with van der Waals surface area (Å²) in [4.78, 5) is 13.1. The highest BCUT2D eigenvalue weighted by Crippen LogP contribution is 2.33. The Morgan fingerprint density at radius 1 is 1.15 bits per heavy atom. The summed E-state index contributed by atoms with van der Waals surface area (Å²) >= 11 is 0. The van der Waals surface area contributed by atoms with Crippen molar-refractivity contribution in [2.45, 2.75) is 58.2 Å². The van der Waals surface area contributed by atoms with E-state index in [9.17, 15) is 18.0 Å². The summed E-state index contributed by atoms with van der Waals surface area (Å²) in [5, 5.41) is 9.07. The summed E-state index contributed by atoms with van der Waals surface area (Å²) in [7, 11) is 3.61. The predicted molar refractivity (Wildman–Crippen MR) is 124 cm³/mol. The zero-order valence-corrected chi connectivity index (χ0v) is 19.4. The summed E-state index contributed by atoms with van der Waals surface area (Å²) in [5.74, 6) is 0.851. The number of fused-ring (bicyclic) bond motifs is 1. The maximum Gasteiger partial charge on any atom is 0.433 e. The van der Waals surface area contributed by atoms with Gasteiger partial charge >= 0.3 is 6.18 Å². The van der Waals surface area contributed by atoms with Crippen molar-refractivity contribution in [1.29, 1.82) is 0 Å². The maximum atomic E-state index is 11.9. The molecule has 0 saturated heterocycles. The first-order chi connectivity index (χ1) is 15.9. The van der Waals surface area contributed by atoms with Gasteiger partial charge in [-0.25, -0.2) is 4.98 Å². The van der Waals surface area contributed by atoms with Gasteiger partial charge in [0.25, 0.3) is 0 Å². The molecular formula is C24H31F3N4O2. The number of rotatable bonds is 4. The highest BCUT2D eigenvalue weighted by Gasteiger charge is 2.32. The Morgan fingerprint density at radius 3 is 2.42 bits per heavy atom. The van der Waals surface area contributed by atoms with Crippen molar-refractivity contribution in [1.82, 2.24) is 14.8 Å². The first-order valence-corrected chi connectivity index (χ1v) is 11.1. The van der Waals surface area contributed by atoms with Crippen LogP contribution in [0.15, 0.2) is 36.5 Å². The molecule has 1 N–H and O–H groups in total. The second kappa shape index (κ2) is 12.2. The third kappa shape index (κ3) is 6.94. The lowest BCUT2D eigenvalue weighted by Crippen LogP contribution is -2.12. The Balaban J connectivity index is 0.000000238. The van der Waals surface area contributed by atoms with Crippen LogP contribution in [-0.4, -0.2) is 35.2 Å². The maximum absolute atomic E-state index is 11.9. The third-order valence-corrected chi connectivity index (χ3v) is 5.24. The van der Waals surface area contributed by atoms with E-state index in [-0.39, 0.29) is 12.0 Å². The predicted octanol–water partition coefficient (Wildman–Crippen LogP) is 6.53. The zero-order chi connectivity index (χ0) is 24.4. The minimum atomic E-state index is -4.49. The van der Waals surface area contributed by atoms with Gasteiger partial charge in [0.05, 0.1) is 24.4 Å². The van der Waals surface area contributed by atoms with Gasteiger partial charge in [0, 0.05) is 24.7 Å². The third-order valence-electron chi connectivity index (χ3n) is 5.24. The van der Waals surface area contributed by atoms with Gasteiger partial charge in [0.2, 0.25) is 0 Å². The van der Waals surface area contributed by atoms with Crippen LogP contribution in [0, 0.1) is 0 Å². The number of anilines is 1. The van der Waals surface area contributed by atoms with Gasteiger partial charge in [-0.2, -0.15) is 18.3 Å². The molecule has 180 valence electrons. The van der Waals surface area contributed by atoms with Gasteiger partial charge in [-0.05, 0) is 31.0 Å². The first kappa shape index (κ1) is 26.2. The molecule has 1 aliphatic carbocycles. The van der Waals surface area contributed by atoms with E-state index in [2.05, 4.69) is 27.2 Å². The molecule has 0 aliphatic heterocycles. The van der Waals surface area contributed by atoms with Crippen LogP contribution in [0.4, 0.5) is 18.9 Å². The standard InChI is InChI=1S/C15H21N3O.C7H4F3NO.C2H6/c1-16-14-8-11-10-18(12-6-4-3-5-7-12)17-13(11)9-15(14)19-2;8-7(9,10)6-3-1-2-5(4-12)11-6;1-2/h8-10,12,16H,3-7H2,1-2H3;1-4H;1-2H3. The summed E-state index contributed by atoms with van der Waals surface area (Å²) in [6.45, 7) is 4.00. The van der Waals surface area contributed by atoms with Crippen LogP contribution < -0.4 is 10.1 Å². The number of aromatic nitrogens is 3. The minimum Gasteiger partial charge on any atom is -0.495 e. The Morgan fingerprint density at radius 2 is 1.85 bits per heavy atom. The molecule has 0 atom stereocenters. The highest BCUT2D eigenvalue weighted by molar-refractivity contribution is 5.85. The molecule has 0 spiro atoms. The lowest BCUT2D eigenvalue weighted by atomic mass is 9.96. The van der Waals surface area contributed by atoms with Crippen molar-refractivity contribution in [3.63, 3.8) is 0 Å². The molecule has 4 rings (SSSR count). The number of carbonyl (C=O) groups is 1. The smallest absolute Gasteiger partial charge is 0.433 e. The van der Waals surface area contributed by atoms with Crippen molar-refractivity contribution in [3.8, 4) is 5.75 Å². The molecule has 6 nitrogen and oxygen atoms in total. The summed E-state index contributed by atoms with van der Waals surface area (Å²) in [6, 6.07) is 7.86. The van der Waals surface area contributed by atoms with E-state index in [1.807, 2.05) is 27.0 Å². The number of hydrogen-bond acceptors (Lipinski definition) is 5. The van der Waals surface area contributed by atoms with E-state index >= 15 is 0 Å². The number of nitrogens with zero attached hydrogens (tertiary/aromatic N) is 3. The molecule has 1 aromatic carbocycles.